The first-order valence-electron chi connectivity index (χ1n) is 10.6. The smallest absolute Gasteiger partial charge is 0.301 e. The number of likely N-dealkylation sites (N-methyl/N-ethyl adjacent to an activating group) is 1. The molecule has 0 bridgehead atoms. The molecule has 0 radical (unpaired) electrons. The minimum absolute atomic E-state index is 0.130. The lowest BCUT2D eigenvalue weighted by Gasteiger charge is -2.31. The van der Waals surface area contributed by atoms with Crippen LogP contribution in [0.15, 0.2) is 36.9 Å². The lowest BCUT2D eigenvalue weighted by atomic mass is 10.1. The van der Waals surface area contributed by atoms with E-state index in [0.29, 0.717) is 37.2 Å². The molecule has 8 heteroatoms. The van der Waals surface area contributed by atoms with Crippen molar-refractivity contribution in [2.45, 2.75) is 44.6 Å². The zero-order valence-corrected chi connectivity index (χ0v) is 18.7. The topological polar surface area (TPSA) is 85.7 Å². The molecule has 1 fully saturated rings. The molecule has 1 aliphatic heterocycles. The fourth-order valence-corrected chi connectivity index (χ4v) is 4.72. The number of piperidine rings is 1. The van der Waals surface area contributed by atoms with Crippen LogP contribution in [0, 0.1) is 11.3 Å². The Kier molecular flexibility index (Phi) is 10.3. The number of unbranched alkanes of at least 4 members (excludes halogenated alkanes) is 3. The normalized spacial score (nSPS) is 15.8. The monoisotopic (exact) mass is 434 g/mol. The molecule has 0 aromatic heterocycles. The van der Waals surface area contributed by atoms with Crippen LogP contribution in [0.4, 0.5) is 5.69 Å². The summed E-state index contributed by atoms with van der Waals surface area (Å²) in [7, 11) is -1.48. The van der Waals surface area contributed by atoms with Crippen LogP contribution in [0.3, 0.4) is 0 Å². The minimum Gasteiger partial charge on any atom is -0.378 e. The third kappa shape index (κ3) is 8.44. The number of nitrogens with one attached hydrogen (secondary N) is 1. The predicted molar refractivity (Wildman–Crippen MR) is 120 cm³/mol. The number of benzene rings is 1. The zero-order chi connectivity index (χ0) is 21.8. The average molecular weight is 435 g/mol. The molecule has 0 aliphatic carbocycles. The van der Waals surface area contributed by atoms with Gasteiger partial charge in [0, 0.05) is 31.9 Å². The van der Waals surface area contributed by atoms with Crippen molar-refractivity contribution in [2.24, 2.45) is 0 Å². The Balaban J connectivity index is 1.61. The molecular weight excluding hydrogens is 400 g/mol. The second-order valence-corrected chi connectivity index (χ2v) is 9.40. The summed E-state index contributed by atoms with van der Waals surface area (Å²) < 4.78 is 35.1. The van der Waals surface area contributed by atoms with Gasteiger partial charge in [0.1, 0.15) is 0 Å². The maximum Gasteiger partial charge on any atom is 0.301 e. The van der Waals surface area contributed by atoms with Crippen molar-refractivity contribution in [3.63, 3.8) is 0 Å². The van der Waals surface area contributed by atoms with E-state index >= 15 is 0 Å². The summed E-state index contributed by atoms with van der Waals surface area (Å²) in [6.07, 6.45) is 8.06. The van der Waals surface area contributed by atoms with Gasteiger partial charge in [0.2, 0.25) is 0 Å². The number of ether oxygens (including phenoxy) is 1. The number of anilines is 1. The van der Waals surface area contributed by atoms with Crippen molar-refractivity contribution in [1.82, 2.24) is 9.21 Å². The summed E-state index contributed by atoms with van der Waals surface area (Å²) in [6, 6.07) is 8.41. The summed E-state index contributed by atoms with van der Waals surface area (Å²) in [5.74, 6) is 0. The van der Waals surface area contributed by atoms with Crippen molar-refractivity contribution < 1.29 is 13.2 Å². The lowest BCUT2D eigenvalue weighted by molar-refractivity contribution is 0.0193. The van der Waals surface area contributed by atoms with Crippen LogP contribution < -0.4 is 4.72 Å². The summed E-state index contributed by atoms with van der Waals surface area (Å²) in [4.78, 5) is 2.27. The van der Waals surface area contributed by atoms with Crippen LogP contribution in [-0.4, -0.2) is 63.6 Å². The molecule has 1 saturated heterocycles. The van der Waals surface area contributed by atoms with E-state index in [-0.39, 0.29) is 6.10 Å². The molecule has 1 aromatic rings. The highest BCUT2D eigenvalue weighted by atomic mass is 32.2. The van der Waals surface area contributed by atoms with E-state index in [1.165, 1.54) is 17.1 Å². The molecule has 1 aliphatic rings. The standard InChI is InChI=1S/C22H34N4O3S/c1-3-14-25(2)15-6-4-5-7-18-29-22-12-16-26(17-13-22)30(27,28)24-21-10-8-20(19-23)9-11-21/h3,8-11,22,24H,1,4-7,12-18H2,2H3. The summed E-state index contributed by atoms with van der Waals surface area (Å²) in [6.45, 7) is 7.41. The molecule has 7 nitrogen and oxygen atoms in total. The third-order valence-corrected chi connectivity index (χ3v) is 6.77. The van der Waals surface area contributed by atoms with Gasteiger partial charge in [0.25, 0.3) is 0 Å². The number of hydrogen-bond donors (Lipinski definition) is 1. The molecular formula is C22H34N4O3S. The molecule has 0 atom stereocenters. The Morgan fingerprint density at radius 2 is 1.90 bits per heavy atom. The zero-order valence-electron chi connectivity index (χ0n) is 17.9. The average Bonchev–Trinajstić information content (AvgIpc) is 2.74. The Bertz CT molecular complexity index is 782. The summed E-state index contributed by atoms with van der Waals surface area (Å²) >= 11 is 0. The second kappa shape index (κ2) is 12.7. The summed E-state index contributed by atoms with van der Waals surface area (Å²) in [5.41, 5.74) is 0.957. The second-order valence-electron chi connectivity index (χ2n) is 7.73. The highest BCUT2D eigenvalue weighted by molar-refractivity contribution is 7.90. The van der Waals surface area contributed by atoms with E-state index < -0.39 is 10.2 Å². The van der Waals surface area contributed by atoms with Crippen molar-refractivity contribution in [3.05, 3.63) is 42.5 Å². The predicted octanol–water partition coefficient (Wildman–Crippen LogP) is 3.37. The Hall–Kier alpha value is -1.92. The first kappa shape index (κ1) is 24.4. The number of nitriles is 1. The highest BCUT2D eigenvalue weighted by Gasteiger charge is 2.28. The first-order valence-corrected chi connectivity index (χ1v) is 12.1. The van der Waals surface area contributed by atoms with Crippen molar-refractivity contribution >= 4 is 15.9 Å². The van der Waals surface area contributed by atoms with Crippen molar-refractivity contribution in [1.29, 1.82) is 5.26 Å². The maximum absolute atomic E-state index is 12.6. The fourth-order valence-electron chi connectivity index (χ4n) is 3.46. The van der Waals surface area contributed by atoms with Crippen molar-refractivity contribution in [3.8, 4) is 6.07 Å². The molecule has 0 saturated carbocycles. The van der Waals surface area contributed by atoms with Gasteiger partial charge in [0.15, 0.2) is 0 Å². The number of hydrogen-bond acceptors (Lipinski definition) is 5. The van der Waals surface area contributed by atoms with E-state index in [0.717, 1.165) is 32.5 Å². The summed E-state index contributed by atoms with van der Waals surface area (Å²) in [5, 5.41) is 8.83. The molecule has 166 valence electrons. The lowest BCUT2D eigenvalue weighted by Crippen LogP contribution is -2.43. The Labute approximate surface area is 181 Å². The van der Waals surface area contributed by atoms with Crippen molar-refractivity contribution in [2.75, 3.05) is 44.6 Å². The van der Waals surface area contributed by atoms with Gasteiger partial charge in [-0.15, -0.1) is 6.58 Å². The minimum atomic E-state index is -3.59. The van der Waals surface area contributed by atoms with Gasteiger partial charge in [-0.25, -0.2) is 0 Å². The maximum atomic E-state index is 12.6. The highest BCUT2D eigenvalue weighted by Crippen LogP contribution is 2.19. The molecule has 1 N–H and O–H groups in total. The number of rotatable bonds is 13. The molecule has 2 rings (SSSR count). The van der Waals surface area contributed by atoms with Crippen LogP contribution in [0.5, 0.6) is 0 Å². The van der Waals surface area contributed by atoms with E-state index in [9.17, 15) is 8.42 Å². The van der Waals surface area contributed by atoms with Gasteiger partial charge in [-0.2, -0.15) is 18.0 Å². The SMILES string of the molecule is C=CCN(C)CCCCCCOC1CCN(S(=O)(=O)Nc2ccc(C#N)cc2)CC1. The fraction of sp³-hybridized carbons (Fsp3) is 0.591. The van der Waals surface area contributed by atoms with Gasteiger partial charge < -0.3 is 9.64 Å². The van der Waals surface area contributed by atoms with E-state index in [2.05, 4.69) is 23.2 Å². The molecule has 0 spiro atoms. The molecule has 1 heterocycles. The molecule has 0 amide bonds. The molecule has 1 aromatic carbocycles. The van der Waals surface area contributed by atoms with Gasteiger partial charge >= 0.3 is 10.2 Å². The van der Waals surface area contributed by atoms with Crippen LogP contribution in [0.25, 0.3) is 0 Å². The Morgan fingerprint density at radius 3 is 2.53 bits per heavy atom. The quantitative estimate of drug-likeness (QED) is 0.380. The first-order chi connectivity index (χ1) is 14.4. The van der Waals surface area contributed by atoms with E-state index in [1.807, 2.05) is 12.1 Å². The Morgan fingerprint density at radius 1 is 1.23 bits per heavy atom. The van der Waals surface area contributed by atoms with Crippen LogP contribution in [0.1, 0.15) is 44.1 Å². The van der Waals surface area contributed by atoms with Gasteiger partial charge in [0.05, 0.1) is 17.7 Å². The number of nitrogens with zero attached hydrogens (tertiary/aromatic N) is 3. The van der Waals surface area contributed by atoms with Crippen LogP contribution >= 0.6 is 0 Å². The van der Waals surface area contributed by atoms with E-state index in [1.54, 1.807) is 24.3 Å². The van der Waals surface area contributed by atoms with Gasteiger partial charge in [-0.1, -0.05) is 18.9 Å². The van der Waals surface area contributed by atoms with Crippen LogP contribution in [0.2, 0.25) is 0 Å². The van der Waals surface area contributed by atoms with Gasteiger partial charge in [-0.3, -0.25) is 4.72 Å². The molecule has 30 heavy (non-hydrogen) atoms. The van der Waals surface area contributed by atoms with Gasteiger partial charge in [-0.05, 0) is 63.5 Å². The largest absolute Gasteiger partial charge is 0.378 e. The molecule has 0 unspecified atom stereocenters. The van der Waals surface area contributed by atoms with Crippen LogP contribution in [-0.2, 0) is 14.9 Å². The third-order valence-electron chi connectivity index (χ3n) is 5.23. The van der Waals surface area contributed by atoms with E-state index in [4.69, 9.17) is 10.00 Å².